The summed E-state index contributed by atoms with van der Waals surface area (Å²) in [7, 11) is 1.60. The van der Waals surface area contributed by atoms with Crippen LogP contribution in [-0.2, 0) is 6.61 Å². The monoisotopic (exact) mass is 533 g/mol. The van der Waals surface area contributed by atoms with Crippen LogP contribution >= 0.6 is 35.0 Å². The van der Waals surface area contributed by atoms with E-state index in [1.54, 1.807) is 49.2 Å². The lowest BCUT2D eigenvalue weighted by molar-refractivity contribution is 0.104. The molecule has 4 aromatic rings. The zero-order chi connectivity index (χ0) is 25.1. The van der Waals surface area contributed by atoms with E-state index in [1.165, 1.54) is 4.90 Å². The highest BCUT2D eigenvalue weighted by Gasteiger charge is 2.16. The van der Waals surface area contributed by atoms with Crippen molar-refractivity contribution >= 4 is 58.2 Å². The first kappa shape index (κ1) is 24.3. The normalized spacial score (nSPS) is 12.0. The Kier molecular flexibility index (Phi) is 7.23. The summed E-state index contributed by atoms with van der Waals surface area (Å²) in [5.74, 6) is 1.09. The van der Waals surface area contributed by atoms with Gasteiger partial charge in [-0.15, -0.1) is 0 Å². The van der Waals surface area contributed by atoms with Crippen molar-refractivity contribution in [3.8, 4) is 11.5 Å². The second-order valence-electron chi connectivity index (χ2n) is 8.04. The Morgan fingerprint density at radius 2 is 1.75 bits per heavy atom. The van der Waals surface area contributed by atoms with Crippen LogP contribution < -0.4 is 14.8 Å². The van der Waals surface area contributed by atoms with E-state index in [4.69, 9.17) is 32.7 Å². The SMILES string of the molecule is COc1ccc(/C=C/C(=O)c2ccc3c(c2)Nc2ccccc2S3)cc1COc1cccc(Cl)c1Cl. The number of methoxy groups -OCH3 is 1. The van der Waals surface area contributed by atoms with E-state index in [0.717, 1.165) is 27.4 Å². The standard InChI is InChI=1S/C29H21Cl2NO3S/c1-34-25-13-10-18(15-20(25)17-35-26-7-4-5-21(30)29(26)31)9-12-24(33)19-11-14-28-23(16-19)32-22-6-2-3-8-27(22)36-28/h2-16,32H,17H2,1H3/b12-9+. The summed E-state index contributed by atoms with van der Waals surface area (Å²) in [6.07, 6.45) is 3.36. The third kappa shape index (κ3) is 5.24. The van der Waals surface area contributed by atoms with E-state index >= 15 is 0 Å². The minimum atomic E-state index is -0.0808. The van der Waals surface area contributed by atoms with Crippen molar-refractivity contribution in [3.63, 3.8) is 0 Å². The van der Waals surface area contributed by atoms with Gasteiger partial charge in [0.1, 0.15) is 23.1 Å². The third-order valence-electron chi connectivity index (χ3n) is 5.67. The largest absolute Gasteiger partial charge is 0.496 e. The molecule has 0 atom stereocenters. The number of ketones is 1. The average molecular weight is 534 g/mol. The predicted molar refractivity (Wildman–Crippen MR) is 147 cm³/mol. The van der Waals surface area contributed by atoms with Crippen LogP contribution in [0.2, 0.25) is 10.0 Å². The molecule has 36 heavy (non-hydrogen) atoms. The fourth-order valence-corrected chi connectivity index (χ4v) is 5.14. The maximum absolute atomic E-state index is 12.9. The van der Waals surface area contributed by atoms with E-state index in [9.17, 15) is 4.79 Å². The number of nitrogens with one attached hydrogen (secondary N) is 1. The number of para-hydroxylation sites is 1. The molecule has 0 saturated carbocycles. The molecule has 1 aliphatic rings. The van der Waals surface area contributed by atoms with Crippen LogP contribution in [0.1, 0.15) is 21.5 Å². The van der Waals surface area contributed by atoms with Crippen molar-refractivity contribution < 1.29 is 14.3 Å². The fourth-order valence-electron chi connectivity index (χ4n) is 3.83. The number of rotatable bonds is 7. The number of fused-ring (bicyclic) bond motifs is 2. The lowest BCUT2D eigenvalue weighted by Gasteiger charge is -2.20. The summed E-state index contributed by atoms with van der Waals surface area (Å²) in [4.78, 5) is 15.2. The summed E-state index contributed by atoms with van der Waals surface area (Å²) in [6.45, 7) is 0.231. The Balaban J connectivity index is 1.31. The summed E-state index contributed by atoms with van der Waals surface area (Å²) < 4.78 is 11.4. The van der Waals surface area contributed by atoms with Gasteiger partial charge in [0.2, 0.25) is 0 Å². The molecule has 0 amide bonds. The number of allylic oxidation sites excluding steroid dienone is 1. The molecule has 5 rings (SSSR count). The van der Waals surface area contributed by atoms with Gasteiger partial charge in [0.15, 0.2) is 5.78 Å². The molecule has 1 heterocycles. The molecule has 4 aromatic carbocycles. The topological polar surface area (TPSA) is 47.6 Å². The summed E-state index contributed by atoms with van der Waals surface area (Å²) >= 11 is 14.0. The highest BCUT2D eigenvalue weighted by atomic mass is 35.5. The van der Waals surface area contributed by atoms with Crippen molar-refractivity contribution in [2.24, 2.45) is 0 Å². The number of ether oxygens (including phenoxy) is 2. The van der Waals surface area contributed by atoms with Crippen LogP contribution in [0.4, 0.5) is 11.4 Å². The lowest BCUT2D eigenvalue weighted by atomic mass is 10.1. The maximum atomic E-state index is 12.9. The summed E-state index contributed by atoms with van der Waals surface area (Å²) in [5.41, 5.74) is 4.26. The molecule has 0 saturated heterocycles. The van der Waals surface area contributed by atoms with Crippen LogP contribution in [0, 0.1) is 0 Å². The van der Waals surface area contributed by atoms with Crippen LogP contribution in [0.5, 0.6) is 11.5 Å². The third-order valence-corrected chi connectivity index (χ3v) is 7.62. The highest BCUT2D eigenvalue weighted by Crippen LogP contribution is 2.44. The van der Waals surface area contributed by atoms with Gasteiger partial charge in [-0.25, -0.2) is 0 Å². The van der Waals surface area contributed by atoms with Crippen molar-refractivity contribution in [2.45, 2.75) is 16.4 Å². The molecule has 0 aliphatic carbocycles. The molecular formula is C29H21Cl2NO3S. The molecule has 0 unspecified atom stereocenters. The van der Waals surface area contributed by atoms with Gasteiger partial charge in [0, 0.05) is 20.9 Å². The number of carbonyl (C=O) groups is 1. The molecular weight excluding hydrogens is 513 g/mol. The number of benzene rings is 4. The number of carbonyl (C=O) groups excluding carboxylic acids is 1. The Hall–Kier alpha value is -3.38. The van der Waals surface area contributed by atoms with Gasteiger partial charge in [-0.3, -0.25) is 4.79 Å². The molecule has 0 radical (unpaired) electrons. The highest BCUT2D eigenvalue weighted by molar-refractivity contribution is 7.99. The first-order valence-corrected chi connectivity index (χ1v) is 12.7. The van der Waals surface area contributed by atoms with Crippen LogP contribution in [0.3, 0.4) is 0 Å². The number of halogens is 2. The van der Waals surface area contributed by atoms with Gasteiger partial charge in [-0.2, -0.15) is 0 Å². The Morgan fingerprint density at radius 3 is 2.61 bits per heavy atom. The molecule has 7 heteroatoms. The van der Waals surface area contributed by atoms with Crippen molar-refractivity contribution in [3.05, 3.63) is 112 Å². The molecule has 180 valence electrons. The second kappa shape index (κ2) is 10.7. The summed E-state index contributed by atoms with van der Waals surface area (Å²) in [6, 6.07) is 24.8. The average Bonchev–Trinajstić information content (AvgIpc) is 2.91. The van der Waals surface area contributed by atoms with E-state index in [2.05, 4.69) is 11.4 Å². The second-order valence-corrected chi connectivity index (χ2v) is 9.91. The smallest absolute Gasteiger partial charge is 0.185 e. The Labute approximate surface area is 223 Å². The van der Waals surface area contributed by atoms with Gasteiger partial charge in [-0.05, 0) is 66.2 Å². The molecule has 1 N–H and O–H groups in total. The maximum Gasteiger partial charge on any atom is 0.185 e. The van der Waals surface area contributed by atoms with Gasteiger partial charge in [0.25, 0.3) is 0 Å². The molecule has 4 nitrogen and oxygen atoms in total. The van der Waals surface area contributed by atoms with E-state index in [-0.39, 0.29) is 12.4 Å². The minimum Gasteiger partial charge on any atom is -0.496 e. The van der Waals surface area contributed by atoms with Crippen molar-refractivity contribution in [2.75, 3.05) is 12.4 Å². The predicted octanol–water partition coefficient (Wildman–Crippen LogP) is 8.69. The molecule has 0 aromatic heterocycles. The van der Waals surface area contributed by atoms with Crippen molar-refractivity contribution in [1.29, 1.82) is 0 Å². The van der Waals surface area contributed by atoms with Crippen LogP contribution in [-0.4, -0.2) is 12.9 Å². The number of anilines is 2. The van der Waals surface area contributed by atoms with Crippen molar-refractivity contribution in [1.82, 2.24) is 0 Å². The molecule has 0 bridgehead atoms. The van der Waals surface area contributed by atoms with Gasteiger partial charge >= 0.3 is 0 Å². The van der Waals surface area contributed by atoms with Gasteiger partial charge < -0.3 is 14.8 Å². The summed E-state index contributed by atoms with van der Waals surface area (Å²) in [5, 5.41) is 4.21. The van der Waals surface area contributed by atoms with Crippen LogP contribution in [0.15, 0.2) is 94.7 Å². The van der Waals surface area contributed by atoms with E-state index in [1.807, 2.05) is 54.6 Å². The number of hydrogen-bond donors (Lipinski definition) is 1. The zero-order valence-electron chi connectivity index (χ0n) is 19.3. The number of hydrogen-bond acceptors (Lipinski definition) is 5. The van der Waals surface area contributed by atoms with Crippen LogP contribution in [0.25, 0.3) is 6.08 Å². The molecule has 1 aliphatic heterocycles. The Bertz CT molecular complexity index is 1490. The lowest BCUT2D eigenvalue weighted by Crippen LogP contribution is -2.02. The molecule has 0 spiro atoms. The molecule has 0 fully saturated rings. The fraction of sp³-hybridized carbons (Fsp3) is 0.0690. The first-order valence-electron chi connectivity index (χ1n) is 11.2. The Morgan fingerprint density at radius 1 is 0.917 bits per heavy atom. The van der Waals surface area contributed by atoms with Gasteiger partial charge in [-0.1, -0.05) is 65.3 Å². The zero-order valence-corrected chi connectivity index (χ0v) is 21.6. The first-order chi connectivity index (χ1) is 17.5. The minimum absolute atomic E-state index is 0.0808. The van der Waals surface area contributed by atoms with E-state index < -0.39 is 0 Å². The quantitative estimate of drug-likeness (QED) is 0.167. The van der Waals surface area contributed by atoms with Gasteiger partial charge in [0.05, 0.1) is 23.5 Å². The van der Waals surface area contributed by atoms with E-state index in [0.29, 0.717) is 27.1 Å².